The Morgan fingerprint density at radius 2 is 1.45 bits per heavy atom. The molecule has 0 saturated heterocycles. The summed E-state index contributed by atoms with van der Waals surface area (Å²) in [6, 6.07) is 0. The Morgan fingerprint density at radius 3 is 2.10 bits per heavy atom. The molecule has 0 atom stereocenters. The molecule has 1 aromatic rings. The zero-order chi connectivity index (χ0) is 21.5. The molecular weight excluding hydrogens is 374 g/mol. The Hall–Kier alpha value is -1.64. The molecular formula is C21H37N3O5. The van der Waals surface area contributed by atoms with Gasteiger partial charge in [0.15, 0.2) is 0 Å². The highest BCUT2D eigenvalue weighted by Gasteiger charge is 2.07. The average Bonchev–Trinajstić information content (AvgIpc) is 3.13. The molecule has 166 valence electrons. The van der Waals surface area contributed by atoms with Gasteiger partial charge >= 0.3 is 0 Å². The van der Waals surface area contributed by atoms with Crippen LogP contribution < -0.4 is 0 Å². The molecule has 0 aliphatic rings. The topological polar surface area (TPSA) is 92.5 Å². The van der Waals surface area contributed by atoms with E-state index in [1.165, 1.54) is 0 Å². The van der Waals surface area contributed by atoms with Gasteiger partial charge in [0.2, 0.25) is 0 Å². The SMILES string of the molecule is CC(C)C(=O)CCCCn1cc(COCCOCCOCCC(=O)C(C)C)nn1. The van der Waals surface area contributed by atoms with E-state index >= 15 is 0 Å². The van der Waals surface area contributed by atoms with Crippen molar-refractivity contribution in [3.63, 3.8) is 0 Å². The molecule has 0 aliphatic heterocycles. The van der Waals surface area contributed by atoms with Crippen molar-refractivity contribution in [2.75, 3.05) is 33.0 Å². The number of carbonyl (C=O) groups is 2. The molecule has 0 N–H and O–H groups in total. The van der Waals surface area contributed by atoms with Crippen LogP contribution in [0.15, 0.2) is 6.20 Å². The van der Waals surface area contributed by atoms with Gasteiger partial charge in [-0.2, -0.15) is 0 Å². The first-order chi connectivity index (χ1) is 13.9. The normalized spacial score (nSPS) is 11.5. The smallest absolute Gasteiger partial charge is 0.137 e. The van der Waals surface area contributed by atoms with Gasteiger partial charge in [-0.3, -0.25) is 14.3 Å². The second-order valence-corrected chi connectivity index (χ2v) is 7.70. The Labute approximate surface area is 174 Å². The number of hydrogen-bond acceptors (Lipinski definition) is 7. The van der Waals surface area contributed by atoms with Gasteiger partial charge in [0.25, 0.3) is 0 Å². The van der Waals surface area contributed by atoms with Crippen LogP contribution in [0.25, 0.3) is 0 Å². The highest BCUT2D eigenvalue weighted by atomic mass is 16.5. The van der Waals surface area contributed by atoms with Crippen molar-refractivity contribution in [3.8, 4) is 0 Å². The summed E-state index contributed by atoms with van der Waals surface area (Å²) in [4.78, 5) is 23.0. The van der Waals surface area contributed by atoms with E-state index in [2.05, 4.69) is 10.3 Å². The van der Waals surface area contributed by atoms with E-state index in [4.69, 9.17) is 14.2 Å². The van der Waals surface area contributed by atoms with Crippen molar-refractivity contribution in [2.24, 2.45) is 11.8 Å². The Balaban J connectivity index is 1.96. The molecule has 8 heteroatoms. The van der Waals surface area contributed by atoms with Crippen LogP contribution in [0.1, 0.15) is 59.1 Å². The third kappa shape index (κ3) is 12.5. The standard InChI is InChI=1S/C21H37N3O5/c1-17(2)20(25)7-5-6-9-24-15-19(22-23-24)16-29-14-13-28-12-11-27-10-8-21(26)18(3)4/h15,17-18H,5-14,16H2,1-4H3. The number of hydrogen-bond donors (Lipinski definition) is 0. The van der Waals surface area contributed by atoms with Gasteiger partial charge in [0, 0.05) is 31.2 Å². The predicted molar refractivity (Wildman–Crippen MR) is 109 cm³/mol. The maximum absolute atomic E-state index is 11.6. The highest BCUT2D eigenvalue weighted by molar-refractivity contribution is 5.80. The highest BCUT2D eigenvalue weighted by Crippen LogP contribution is 2.06. The number of ketones is 2. The molecule has 0 aliphatic carbocycles. The zero-order valence-electron chi connectivity index (χ0n) is 18.4. The average molecular weight is 412 g/mol. The summed E-state index contributed by atoms with van der Waals surface area (Å²) >= 11 is 0. The zero-order valence-corrected chi connectivity index (χ0v) is 18.4. The first-order valence-electron chi connectivity index (χ1n) is 10.6. The van der Waals surface area contributed by atoms with Crippen molar-refractivity contribution < 1.29 is 23.8 Å². The summed E-state index contributed by atoms with van der Waals surface area (Å²) in [5.41, 5.74) is 0.779. The molecule has 29 heavy (non-hydrogen) atoms. The second-order valence-electron chi connectivity index (χ2n) is 7.70. The fraction of sp³-hybridized carbons (Fsp3) is 0.810. The van der Waals surface area contributed by atoms with Crippen molar-refractivity contribution in [3.05, 3.63) is 11.9 Å². The lowest BCUT2D eigenvalue weighted by atomic mass is 10.0. The third-order valence-corrected chi connectivity index (χ3v) is 4.42. The van der Waals surface area contributed by atoms with Crippen LogP contribution in [-0.4, -0.2) is 59.6 Å². The molecule has 1 aromatic heterocycles. The summed E-state index contributed by atoms with van der Waals surface area (Å²) in [5.74, 6) is 0.709. The van der Waals surface area contributed by atoms with Gasteiger partial charge in [-0.1, -0.05) is 32.9 Å². The molecule has 0 unspecified atom stereocenters. The summed E-state index contributed by atoms with van der Waals surface area (Å²) in [6.45, 7) is 11.1. The fourth-order valence-corrected chi connectivity index (χ4v) is 2.45. The van der Waals surface area contributed by atoms with Crippen LogP contribution in [0.3, 0.4) is 0 Å². The van der Waals surface area contributed by atoms with Crippen LogP contribution >= 0.6 is 0 Å². The number of aromatic nitrogens is 3. The van der Waals surface area contributed by atoms with Crippen LogP contribution in [0.5, 0.6) is 0 Å². The lowest BCUT2D eigenvalue weighted by Crippen LogP contribution is -2.13. The summed E-state index contributed by atoms with van der Waals surface area (Å²) in [6.07, 6.45) is 4.74. The number of unbranched alkanes of at least 4 members (excludes halogenated alkanes) is 1. The van der Waals surface area contributed by atoms with Crippen LogP contribution in [0, 0.1) is 11.8 Å². The molecule has 1 heterocycles. The first-order valence-corrected chi connectivity index (χ1v) is 10.6. The monoisotopic (exact) mass is 411 g/mol. The van der Waals surface area contributed by atoms with E-state index < -0.39 is 0 Å². The maximum atomic E-state index is 11.6. The van der Waals surface area contributed by atoms with E-state index in [-0.39, 0.29) is 17.6 Å². The van der Waals surface area contributed by atoms with Gasteiger partial charge in [-0.15, -0.1) is 5.10 Å². The quantitative estimate of drug-likeness (QED) is 0.343. The summed E-state index contributed by atoms with van der Waals surface area (Å²) < 4.78 is 18.1. The fourth-order valence-electron chi connectivity index (χ4n) is 2.45. The molecule has 0 aromatic carbocycles. The summed E-state index contributed by atoms with van der Waals surface area (Å²) in [5, 5.41) is 8.16. The predicted octanol–water partition coefficient (Wildman–Crippen LogP) is 2.84. The minimum Gasteiger partial charge on any atom is -0.379 e. The van der Waals surface area contributed by atoms with Crippen LogP contribution in [-0.2, 0) is 37.0 Å². The molecule has 8 nitrogen and oxygen atoms in total. The maximum Gasteiger partial charge on any atom is 0.137 e. The van der Waals surface area contributed by atoms with E-state index in [9.17, 15) is 9.59 Å². The van der Waals surface area contributed by atoms with Gasteiger partial charge in [-0.05, 0) is 12.8 Å². The Morgan fingerprint density at radius 1 is 0.862 bits per heavy atom. The number of rotatable bonds is 18. The first kappa shape index (κ1) is 25.4. The van der Waals surface area contributed by atoms with Crippen molar-refractivity contribution in [1.29, 1.82) is 0 Å². The van der Waals surface area contributed by atoms with E-state index in [1.54, 1.807) is 4.68 Å². The van der Waals surface area contributed by atoms with Crippen molar-refractivity contribution >= 4 is 11.6 Å². The van der Waals surface area contributed by atoms with Gasteiger partial charge in [0.1, 0.15) is 17.3 Å². The molecule has 0 saturated carbocycles. The van der Waals surface area contributed by atoms with Gasteiger partial charge in [-0.25, -0.2) is 0 Å². The number of Topliss-reactive ketones (excluding diaryl/α,β-unsaturated/α-hetero) is 2. The van der Waals surface area contributed by atoms with Crippen LogP contribution in [0.2, 0.25) is 0 Å². The molecule has 0 radical (unpaired) electrons. The summed E-state index contributed by atoms with van der Waals surface area (Å²) in [7, 11) is 0. The number of aryl methyl sites for hydroxylation is 1. The second kappa shape index (κ2) is 15.2. The molecule has 0 amide bonds. The minimum absolute atomic E-state index is 0.0639. The van der Waals surface area contributed by atoms with Gasteiger partial charge < -0.3 is 14.2 Å². The van der Waals surface area contributed by atoms with E-state index in [0.717, 1.165) is 25.1 Å². The number of ether oxygens (including phenoxy) is 3. The van der Waals surface area contributed by atoms with Crippen molar-refractivity contribution in [1.82, 2.24) is 15.0 Å². The van der Waals surface area contributed by atoms with Gasteiger partial charge in [0.05, 0.1) is 45.8 Å². The minimum atomic E-state index is 0.0639. The lowest BCUT2D eigenvalue weighted by Gasteiger charge is -2.07. The third-order valence-electron chi connectivity index (χ3n) is 4.42. The van der Waals surface area contributed by atoms with Crippen LogP contribution in [0.4, 0.5) is 0 Å². The molecule has 0 fully saturated rings. The number of nitrogens with zero attached hydrogens (tertiary/aromatic N) is 3. The Kier molecular flexibility index (Phi) is 13.3. The number of carbonyl (C=O) groups excluding carboxylic acids is 2. The lowest BCUT2D eigenvalue weighted by molar-refractivity contribution is -0.123. The largest absolute Gasteiger partial charge is 0.379 e. The molecule has 0 bridgehead atoms. The Bertz CT molecular complexity index is 587. The van der Waals surface area contributed by atoms with Crippen molar-refractivity contribution in [2.45, 2.75) is 66.5 Å². The van der Waals surface area contributed by atoms with E-state index in [0.29, 0.717) is 58.3 Å². The molecule has 1 rings (SSSR count). The molecule has 0 spiro atoms. The van der Waals surface area contributed by atoms with E-state index in [1.807, 2.05) is 33.9 Å².